The van der Waals surface area contributed by atoms with Gasteiger partial charge in [-0.05, 0) is 24.6 Å². The van der Waals surface area contributed by atoms with Crippen LogP contribution in [-0.4, -0.2) is 27.5 Å². The van der Waals surface area contributed by atoms with Crippen molar-refractivity contribution in [2.75, 3.05) is 6.61 Å². The number of carboxylic acids is 1. The van der Waals surface area contributed by atoms with E-state index in [1.807, 2.05) is 37.3 Å². The number of carboxylic acid groups (broad SMARTS) is 1. The first kappa shape index (κ1) is 13.1. The quantitative estimate of drug-likeness (QED) is 0.865. The van der Waals surface area contributed by atoms with Gasteiger partial charge in [-0.1, -0.05) is 25.1 Å². The van der Waals surface area contributed by atoms with Crippen LogP contribution in [0.2, 0.25) is 0 Å². The number of hydrogen-bond acceptors (Lipinski definition) is 3. The number of ether oxygens (including phenoxy) is 1. The van der Waals surface area contributed by atoms with Gasteiger partial charge in [0, 0.05) is 5.69 Å². The van der Waals surface area contributed by atoms with E-state index in [0.29, 0.717) is 13.2 Å². The molecule has 0 atom stereocenters. The van der Waals surface area contributed by atoms with Crippen LogP contribution in [0, 0.1) is 0 Å². The molecule has 0 aliphatic heterocycles. The van der Waals surface area contributed by atoms with Gasteiger partial charge in [0.15, 0.2) is 5.69 Å². The monoisotopic (exact) mass is 260 g/mol. The maximum absolute atomic E-state index is 10.9. The van der Waals surface area contributed by atoms with E-state index in [1.54, 1.807) is 10.7 Å². The smallest absolute Gasteiger partial charge is 0.356 e. The Hall–Kier alpha value is -2.30. The van der Waals surface area contributed by atoms with E-state index in [4.69, 9.17) is 9.84 Å². The third-order valence-corrected chi connectivity index (χ3v) is 2.76. The van der Waals surface area contributed by atoms with Crippen LogP contribution in [0.25, 0.3) is 0 Å². The number of para-hydroxylation sites is 1. The first-order chi connectivity index (χ1) is 9.20. The molecule has 0 radical (unpaired) electrons. The molecule has 0 spiro atoms. The zero-order valence-corrected chi connectivity index (χ0v) is 10.7. The number of aryl methyl sites for hydroxylation is 1. The van der Waals surface area contributed by atoms with E-state index < -0.39 is 5.97 Å². The molecule has 0 aliphatic carbocycles. The molecule has 2 rings (SSSR count). The van der Waals surface area contributed by atoms with Crippen LogP contribution in [0.5, 0.6) is 5.75 Å². The number of benzene rings is 1. The molecule has 1 aromatic carbocycles. The zero-order chi connectivity index (χ0) is 13.7. The van der Waals surface area contributed by atoms with Crippen molar-refractivity contribution in [3.05, 3.63) is 47.8 Å². The Kier molecular flexibility index (Phi) is 4.18. The van der Waals surface area contributed by atoms with Crippen LogP contribution in [0.3, 0.4) is 0 Å². The molecule has 2 aromatic rings. The summed E-state index contributed by atoms with van der Waals surface area (Å²) in [6.07, 6.45) is 0.742. The van der Waals surface area contributed by atoms with Gasteiger partial charge in [0.2, 0.25) is 0 Å². The van der Waals surface area contributed by atoms with Crippen molar-refractivity contribution in [2.45, 2.75) is 19.9 Å². The van der Waals surface area contributed by atoms with Gasteiger partial charge in [-0.2, -0.15) is 5.10 Å². The number of aromatic carboxylic acids is 1. The Bertz CT molecular complexity index is 549. The SMILES string of the molecule is CCc1cc(C(=O)O)nn1CCOc1ccccc1. The van der Waals surface area contributed by atoms with Gasteiger partial charge < -0.3 is 9.84 Å². The topological polar surface area (TPSA) is 64.3 Å². The predicted octanol–water partition coefficient (Wildman–Crippen LogP) is 2.22. The molecule has 0 saturated carbocycles. The molecule has 0 bridgehead atoms. The van der Waals surface area contributed by atoms with Crippen molar-refractivity contribution < 1.29 is 14.6 Å². The minimum atomic E-state index is -1.00. The molecule has 0 saturated heterocycles. The first-order valence-corrected chi connectivity index (χ1v) is 6.18. The van der Waals surface area contributed by atoms with Crippen LogP contribution >= 0.6 is 0 Å². The Morgan fingerprint density at radius 3 is 2.74 bits per heavy atom. The zero-order valence-electron chi connectivity index (χ0n) is 10.7. The van der Waals surface area contributed by atoms with Crippen molar-refractivity contribution in [1.82, 2.24) is 9.78 Å². The molecule has 5 heteroatoms. The lowest BCUT2D eigenvalue weighted by Gasteiger charge is -2.08. The highest BCUT2D eigenvalue weighted by Gasteiger charge is 2.11. The summed E-state index contributed by atoms with van der Waals surface area (Å²) in [5.41, 5.74) is 0.977. The normalized spacial score (nSPS) is 10.4. The maximum atomic E-state index is 10.9. The van der Waals surface area contributed by atoms with Gasteiger partial charge in [-0.15, -0.1) is 0 Å². The molecule has 1 heterocycles. The van der Waals surface area contributed by atoms with Gasteiger partial charge in [-0.25, -0.2) is 4.79 Å². The summed E-state index contributed by atoms with van der Waals surface area (Å²) in [7, 11) is 0. The third kappa shape index (κ3) is 3.34. The third-order valence-electron chi connectivity index (χ3n) is 2.76. The summed E-state index contributed by atoms with van der Waals surface area (Å²) in [6, 6.07) is 11.1. The number of rotatable bonds is 6. The largest absolute Gasteiger partial charge is 0.492 e. The number of nitrogens with zero attached hydrogens (tertiary/aromatic N) is 2. The lowest BCUT2D eigenvalue weighted by atomic mass is 10.3. The van der Waals surface area contributed by atoms with E-state index >= 15 is 0 Å². The minimum absolute atomic E-state index is 0.0801. The number of carbonyl (C=O) groups is 1. The molecule has 0 aliphatic rings. The van der Waals surface area contributed by atoms with Gasteiger partial charge in [-0.3, -0.25) is 4.68 Å². The van der Waals surface area contributed by atoms with Crippen LogP contribution in [-0.2, 0) is 13.0 Å². The van der Waals surface area contributed by atoms with Crippen molar-refractivity contribution in [1.29, 1.82) is 0 Å². The maximum Gasteiger partial charge on any atom is 0.356 e. The van der Waals surface area contributed by atoms with Crippen LogP contribution in [0.1, 0.15) is 23.1 Å². The Morgan fingerprint density at radius 1 is 1.37 bits per heavy atom. The second kappa shape index (κ2) is 6.04. The van der Waals surface area contributed by atoms with Crippen LogP contribution < -0.4 is 4.74 Å². The molecule has 19 heavy (non-hydrogen) atoms. The standard InChI is InChI=1S/C14H16N2O3/c1-2-11-10-13(14(17)18)15-16(11)8-9-19-12-6-4-3-5-7-12/h3-7,10H,2,8-9H2,1H3,(H,17,18). The van der Waals surface area contributed by atoms with Crippen LogP contribution in [0.15, 0.2) is 36.4 Å². The summed E-state index contributed by atoms with van der Waals surface area (Å²) in [5, 5.41) is 13.0. The highest BCUT2D eigenvalue weighted by Crippen LogP contribution is 2.09. The van der Waals surface area contributed by atoms with E-state index in [1.165, 1.54) is 0 Å². The highest BCUT2D eigenvalue weighted by atomic mass is 16.5. The molecule has 0 unspecified atom stereocenters. The van der Waals surface area contributed by atoms with Crippen LogP contribution in [0.4, 0.5) is 0 Å². The Labute approximate surface area is 111 Å². The number of aromatic nitrogens is 2. The average Bonchev–Trinajstić information content (AvgIpc) is 2.83. The average molecular weight is 260 g/mol. The molecule has 1 aromatic heterocycles. The first-order valence-electron chi connectivity index (χ1n) is 6.18. The van der Waals surface area contributed by atoms with E-state index in [0.717, 1.165) is 17.9 Å². The lowest BCUT2D eigenvalue weighted by molar-refractivity contribution is 0.0689. The van der Waals surface area contributed by atoms with E-state index in [9.17, 15) is 4.79 Å². The Morgan fingerprint density at radius 2 is 2.11 bits per heavy atom. The summed E-state index contributed by atoms with van der Waals surface area (Å²) >= 11 is 0. The van der Waals surface area contributed by atoms with Crippen molar-refractivity contribution in [3.63, 3.8) is 0 Å². The highest BCUT2D eigenvalue weighted by molar-refractivity contribution is 5.85. The second-order valence-corrected chi connectivity index (χ2v) is 4.06. The van der Waals surface area contributed by atoms with Crippen molar-refractivity contribution >= 4 is 5.97 Å². The molecule has 0 fully saturated rings. The summed E-state index contributed by atoms with van der Waals surface area (Å²) in [4.78, 5) is 10.9. The van der Waals surface area contributed by atoms with Crippen molar-refractivity contribution in [2.24, 2.45) is 0 Å². The molecule has 5 nitrogen and oxygen atoms in total. The molecule has 1 N–H and O–H groups in total. The fourth-order valence-electron chi connectivity index (χ4n) is 1.80. The van der Waals surface area contributed by atoms with Gasteiger partial charge in [0.1, 0.15) is 12.4 Å². The molecule has 100 valence electrons. The van der Waals surface area contributed by atoms with E-state index in [2.05, 4.69) is 5.10 Å². The van der Waals surface area contributed by atoms with E-state index in [-0.39, 0.29) is 5.69 Å². The summed E-state index contributed by atoms with van der Waals surface area (Å²) < 4.78 is 7.26. The molecular formula is C14H16N2O3. The molecular weight excluding hydrogens is 244 g/mol. The Balaban J connectivity index is 1.97. The fraction of sp³-hybridized carbons (Fsp3) is 0.286. The van der Waals surface area contributed by atoms with Gasteiger partial charge in [0.05, 0.1) is 6.54 Å². The molecule has 0 amide bonds. The summed E-state index contributed by atoms with van der Waals surface area (Å²) in [5.74, 6) is -0.205. The van der Waals surface area contributed by atoms with Crippen molar-refractivity contribution in [3.8, 4) is 5.75 Å². The number of hydrogen-bond donors (Lipinski definition) is 1. The van der Waals surface area contributed by atoms with Gasteiger partial charge >= 0.3 is 5.97 Å². The predicted molar refractivity (Wildman–Crippen MR) is 70.5 cm³/mol. The van der Waals surface area contributed by atoms with Gasteiger partial charge in [0.25, 0.3) is 0 Å². The fourth-order valence-corrected chi connectivity index (χ4v) is 1.80. The lowest BCUT2D eigenvalue weighted by Crippen LogP contribution is -2.12. The minimum Gasteiger partial charge on any atom is -0.492 e. The summed E-state index contributed by atoms with van der Waals surface area (Å²) in [6.45, 7) is 2.96. The second-order valence-electron chi connectivity index (χ2n) is 4.06.